The maximum atomic E-state index is 13.6. The molecule has 1 heterocycles. The highest BCUT2D eigenvalue weighted by Gasteiger charge is 2.20. The van der Waals surface area contributed by atoms with Crippen molar-refractivity contribution in [3.63, 3.8) is 0 Å². The minimum absolute atomic E-state index is 0.218. The molecule has 0 unspecified atom stereocenters. The first-order valence-electron chi connectivity index (χ1n) is 10.8. The molecular weight excluding hydrogens is 453 g/mol. The van der Waals surface area contributed by atoms with Crippen molar-refractivity contribution in [2.75, 3.05) is 0 Å². The molecule has 0 fully saturated rings. The number of carbonyl (C=O) groups is 1. The first-order valence-corrected chi connectivity index (χ1v) is 11.6. The van der Waals surface area contributed by atoms with Crippen LogP contribution in [-0.4, -0.2) is 11.0 Å². The molecule has 5 heteroatoms. The number of aryl methyl sites for hydroxylation is 3. The summed E-state index contributed by atoms with van der Waals surface area (Å²) < 4.78 is 5.98. The zero-order chi connectivity index (χ0) is 23.9. The van der Waals surface area contributed by atoms with Crippen LogP contribution in [0.25, 0.3) is 22.2 Å². The molecule has 4 rings (SSSR count). The Morgan fingerprint density at radius 3 is 2.36 bits per heavy atom. The Bertz CT molecular complexity index is 1390. The summed E-state index contributed by atoms with van der Waals surface area (Å²) in [6.45, 7) is 10.1. The van der Waals surface area contributed by atoms with E-state index in [1.54, 1.807) is 18.2 Å². The molecule has 0 radical (unpaired) electrons. The van der Waals surface area contributed by atoms with Crippen LogP contribution in [0.1, 0.15) is 52.4 Å². The lowest BCUT2D eigenvalue weighted by Gasteiger charge is -2.16. The van der Waals surface area contributed by atoms with E-state index in [2.05, 4.69) is 19.9 Å². The summed E-state index contributed by atoms with van der Waals surface area (Å²) in [5, 5.41) is 1.76. The fraction of sp³-hybridized carbons (Fsp3) is 0.214. The Hall–Kier alpha value is -2.88. The second kappa shape index (κ2) is 9.17. The summed E-state index contributed by atoms with van der Waals surface area (Å²) in [5.41, 5.74) is 6.53. The van der Waals surface area contributed by atoms with Crippen LogP contribution in [0.4, 0.5) is 0 Å². The van der Waals surface area contributed by atoms with Crippen LogP contribution in [0.2, 0.25) is 10.0 Å². The lowest BCUT2D eigenvalue weighted by Crippen LogP contribution is -2.12. The van der Waals surface area contributed by atoms with Crippen molar-refractivity contribution in [3.8, 4) is 17.0 Å². The summed E-state index contributed by atoms with van der Waals surface area (Å²) in [7, 11) is 0. The zero-order valence-corrected chi connectivity index (χ0v) is 20.8. The highest BCUT2D eigenvalue weighted by Crippen LogP contribution is 2.34. The van der Waals surface area contributed by atoms with E-state index in [-0.39, 0.29) is 5.92 Å². The summed E-state index contributed by atoms with van der Waals surface area (Å²) in [5.74, 6) is 0.372. The highest BCUT2D eigenvalue weighted by atomic mass is 35.5. The molecule has 3 aromatic carbocycles. The van der Waals surface area contributed by atoms with Crippen LogP contribution in [0.15, 0.2) is 54.6 Å². The minimum Gasteiger partial charge on any atom is -0.423 e. The molecule has 4 aromatic rings. The monoisotopic (exact) mass is 477 g/mol. The van der Waals surface area contributed by atoms with Gasteiger partial charge in [0.05, 0.1) is 21.8 Å². The van der Waals surface area contributed by atoms with E-state index in [0.29, 0.717) is 32.6 Å². The van der Waals surface area contributed by atoms with Gasteiger partial charge < -0.3 is 4.74 Å². The SMILES string of the molecule is Cc1ccc(C(C)C)c(OC(=O)c2cc(-c3ccc(Cl)cc3Cl)nc3c(C)cc(C)cc23)c1. The van der Waals surface area contributed by atoms with Gasteiger partial charge in [0, 0.05) is 16.0 Å². The molecule has 0 aliphatic heterocycles. The average Bonchev–Trinajstić information content (AvgIpc) is 2.73. The number of rotatable bonds is 4. The molecule has 0 amide bonds. The lowest BCUT2D eigenvalue weighted by molar-refractivity contribution is 0.0735. The Morgan fingerprint density at radius 2 is 1.67 bits per heavy atom. The van der Waals surface area contributed by atoms with E-state index in [0.717, 1.165) is 33.2 Å². The van der Waals surface area contributed by atoms with Gasteiger partial charge >= 0.3 is 5.97 Å². The molecule has 0 N–H and O–H groups in total. The van der Waals surface area contributed by atoms with E-state index in [1.165, 1.54) is 0 Å². The first kappa shape index (κ1) is 23.3. The number of hydrogen-bond acceptors (Lipinski definition) is 3. The van der Waals surface area contributed by atoms with Crippen LogP contribution in [0, 0.1) is 20.8 Å². The quantitative estimate of drug-likeness (QED) is 0.218. The van der Waals surface area contributed by atoms with Crippen molar-refractivity contribution in [3.05, 3.63) is 92.5 Å². The normalized spacial score (nSPS) is 11.3. The number of hydrogen-bond donors (Lipinski definition) is 0. The van der Waals surface area contributed by atoms with Crippen molar-refractivity contribution in [1.82, 2.24) is 4.98 Å². The second-order valence-corrected chi connectivity index (χ2v) is 9.59. The van der Waals surface area contributed by atoms with Gasteiger partial charge in [0.15, 0.2) is 0 Å². The largest absolute Gasteiger partial charge is 0.423 e. The van der Waals surface area contributed by atoms with E-state index in [1.807, 2.05) is 51.1 Å². The number of esters is 1. The lowest BCUT2D eigenvalue weighted by atomic mass is 9.99. The van der Waals surface area contributed by atoms with Crippen molar-refractivity contribution >= 4 is 40.1 Å². The number of fused-ring (bicyclic) bond motifs is 1. The third-order valence-corrected chi connectivity index (χ3v) is 6.22. The summed E-state index contributed by atoms with van der Waals surface area (Å²) in [6, 6.07) is 17.0. The number of carbonyl (C=O) groups excluding carboxylic acids is 1. The Morgan fingerprint density at radius 1 is 0.909 bits per heavy atom. The van der Waals surface area contributed by atoms with E-state index in [4.69, 9.17) is 32.9 Å². The number of halogens is 2. The van der Waals surface area contributed by atoms with Crippen LogP contribution in [-0.2, 0) is 0 Å². The van der Waals surface area contributed by atoms with Crippen molar-refractivity contribution in [2.45, 2.75) is 40.5 Å². The molecule has 33 heavy (non-hydrogen) atoms. The fourth-order valence-corrected chi connectivity index (χ4v) is 4.55. The molecule has 0 atom stereocenters. The Balaban J connectivity index is 1.91. The number of nitrogens with zero attached hydrogens (tertiary/aromatic N) is 1. The van der Waals surface area contributed by atoms with Crippen LogP contribution in [0.5, 0.6) is 5.75 Å². The minimum atomic E-state index is -0.425. The van der Waals surface area contributed by atoms with Gasteiger partial charge in [-0.2, -0.15) is 0 Å². The second-order valence-electron chi connectivity index (χ2n) is 8.74. The molecule has 1 aromatic heterocycles. The van der Waals surface area contributed by atoms with Gasteiger partial charge in [-0.1, -0.05) is 60.8 Å². The molecule has 168 valence electrons. The molecule has 0 saturated carbocycles. The van der Waals surface area contributed by atoms with Crippen LogP contribution < -0.4 is 4.74 Å². The third kappa shape index (κ3) is 4.75. The first-order chi connectivity index (χ1) is 15.6. The van der Waals surface area contributed by atoms with E-state index in [9.17, 15) is 4.79 Å². The molecule has 0 saturated heterocycles. The average molecular weight is 478 g/mol. The van der Waals surface area contributed by atoms with Gasteiger partial charge in [-0.15, -0.1) is 0 Å². The van der Waals surface area contributed by atoms with Crippen LogP contribution in [0.3, 0.4) is 0 Å². The molecule has 0 spiro atoms. The maximum absolute atomic E-state index is 13.6. The molecule has 3 nitrogen and oxygen atoms in total. The van der Waals surface area contributed by atoms with Gasteiger partial charge in [0.2, 0.25) is 0 Å². The zero-order valence-electron chi connectivity index (χ0n) is 19.3. The number of pyridine rings is 1. The topological polar surface area (TPSA) is 39.2 Å². The van der Waals surface area contributed by atoms with Gasteiger partial charge in [-0.05, 0) is 79.8 Å². The summed E-state index contributed by atoms with van der Waals surface area (Å²) in [6.07, 6.45) is 0. The Labute approximate surface area is 204 Å². The van der Waals surface area contributed by atoms with Crippen LogP contribution >= 0.6 is 23.2 Å². The van der Waals surface area contributed by atoms with Gasteiger partial charge in [0.1, 0.15) is 5.75 Å². The molecule has 0 aliphatic carbocycles. The van der Waals surface area contributed by atoms with E-state index >= 15 is 0 Å². The molecule has 0 aliphatic rings. The Kier molecular flexibility index (Phi) is 6.47. The van der Waals surface area contributed by atoms with Gasteiger partial charge in [-0.25, -0.2) is 9.78 Å². The number of aromatic nitrogens is 1. The standard InChI is InChI=1S/C28H25Cl2NO2/c1-15(2)20-8-6-16(3)12-26(20)33-28(32)23-14-25(21-9-7-19(29)13-24(21)30)31-27-18(5)10-17(4)11-22(23)27/h6-15H,1-5H3. The maximum Gasteiger partial charge on any atom is 0.344 e. The van der Waals surface area contributed by atoms with E-state index < -0.39 is 5.97 Å². The van der Waals surface area contributed by atoms with Crippen molar-refractivity contribution in [2.24, 2.45) is 0 Å². The third-order valence-electron chi connectivity index (χ3n) is 5.67. The number of ether oxygens (including phenoxy) is 1. The molecular formula is C28H25Cl2NO2. The van der Waals surface area contributed by atoms with Gasteiger partial charge in [-0.3, -0.25) is 0 Å². The predicted molar refractivity (Wildman–Crippen MR) is 137 cm³/mol. The smallest absolute Gasteiger partial charge is 0.344 e. The summed E-state index contributed by atoms with van der Waals surface area (Å²) in [4.78, 5) is 18.4. The van der Waals surface area contributed by atoms with Crippen molar-refractivity contribution in [1.29, 1.82) is 0 Å². The molecule has 0 bridgehead atoms. The van der Waals surface area contributed by atoms with Crippen molar-refractivity contribution < 1.29 is 9.53 Å². The fourth-order valence-electron chi connectivity index (χ4n) is 4.05. The predicted octanol–water partition coefficient (Wildman–Crippen LogP) is 8.48. The summed E-state index contributed by atoms with van der Waals surface area (Å²) >= 11 is 12.6. The van der Waals surface area contributed by atoms with Gasteiger partial charge in [0.25, 0.3) is 0 Å². The highest BCUT2D eigenvalue weighted by molar-refractivity contribution is 6.36. The number of benzene rings is 3.